The fourth-order valence-corrected chi connectivity index (χ4v) is 1.63. The van der Waals surface area contributed by atoms with Crippen molar-refractivity contribution >= 4 is 5.69 Å². The number of alkyl halides is 2. The molecule has 0 heterocycles. The number of nitro benzene ring substituents is 1. The summed E-state index contributed by atoms with van der Waals surface area (Å²) in [6, 6.07) is 1.91. The van der Waals surface area contributed by atoms with Gasteiger partial charge in [0.2, 0.25) is 0 Å². The third-order valence-corrected chi connectivity index (χ3v) is 2.72. The molecule has 100 valence electrons. The fourth-order valence-electron chi connectivity index (χ4n) is 1.63. The van der Waals surface area contributed by atoms with Crippen LogP contribution in [0.15, 0.2) is 18.2 Å². The van der Waals surface area contributed by atoms with E-state index >= 15 is 0 Å². The summed E-state index contributed by atoms with van der Waals surface area (Å²) in [6.45, 7) is 0.328. The molecule has 0 radical (unpaired) electrons. The third-order valence-electron chi connectivity index (χ3n) is 2.72. The molecule has 0 saturated heterocycles. The van der Waals surface area contributed by atoms with E-state index in [1.807, 2.05) is 0 Å². The number of nitro groups is 1. The van der Waals surface area contributed by atoms with Crippen LogP contribution < -0.4 is 5.73 Å². The van der Waals surface area contributed by atoms with Crippen LogP contribution in [-0.2, 0) is 6.42 Å². The van der Waals surface area contributed by atoms with Crippen LogP contribution in [-0.4, -0.2) is 22.6 Å². The summed E-state index contributed by atoms with van der Waals surface area (Å²) in [6.07, 6.45) is 0.419. The van der Waals surface area contributed by atoms with Gasteiger partial charge in [0, 0.05) is 12.1 Å². The van der Waals surface area contributed by atoms with Crippen molar-refractivity contribution in [1.29, 1.82) is 0 Å². The number of aliphatic hydroxyl groups is 1. The van der Waals surface area contributed by atoms with Gasteiger partial charge >= 0.3 is 0 Å². The molecule has 18 heavy (non-hydrogen) atoms. The zero-order chi connectivity index (χ0) is 13.9. The molecule has 0 spiro atoms. The molecule has 0 aliphatic heterocycles. The average molecular weight is 260 g/mol. The number of non-ortho nitro benzene ring substituents is 1. The molecular formula is C11H14F2N2O3. The van der Waals surface area contributed by atoms with Crippen LogP contribution in [0.3, 0.4) is 0 Å². The smallest absolute Gasteiger partial charge is 0.289 e. The Bertz CT molecular complexity index is 452. The minimum Gasteiger partial charge on any atom is -0.390 e. The van der Waals surface area contributed by atoms with Crippen molar-refractivity contribution in [2.24, 2.45) is 5.73 Å². The Kier molecular flexibility index (Phi) is 4.31. The lowest BCUT2D eigenvalue weighted by Gasteiger charge is -2.23. The van der Waals surface area contributed by atoms with Crippen LogP contribution in [0.2, 0.25) is 0 Å². The zero-order valence-corrected chi connectivity index (χ0v) is 9.77. The first-order valence-electron chi connectivity index (χ1n) is 5.35. The van der Waals surface area contributed by atoms with Crippen LogP contribution in [0.5, 0.6) is 0 Å². The van der Waals surface area contributed by atoms with Gasteiger partial charge in [-0.15, -0.1) is 0 Å². The number of halogens is 2. The topological polar surface area (TPSA) is 89.4 Å². The van der Waals surface area contributed by atoms with Crippen molar-refractivity contribution in [2.75, 3.05) is 6.61 Å². The van der Waals surface area contributed by atoms with Crippen LogP contribution in [0.1, 0.15) is 24.1 Å². The van der Waals surface area contributed by atoms with Gasteiger partial charge in [-0.25, -0.2) is 8.78 Å². The molecule has 5 nitrogen and oxygen atoms in total. The number of rotatable bonds is 5. The minimum atomic E-state index is -3.51. The number of aliphatic hydroxyl groups excluding tert-OH is 1. The lowest BCUT2D eigenvalue weighted by Crippen LogP contribution is -2.36. The highest BCUT2D eigenvalue weighted by Gasteiger charge is 2.38. The molecule has 0 aromatic heterocycles. The van der Waals surface area contributed by atoms with Gasteiger partial charge in [-0.2, -0.15) is 0 Å². The molecule has 7 heteroatoms. The normalized spacial score (nSPS) is 13.4. The zero-order valence-electron chi connectivity index (χ0n) is 9.77. The second-order valence-corrected chi connectivity index (χ2v) is 3.89. The maximum absolute atomic E-state index is 13.3. The first kappa shape index (κ1) is 14.5. The molecule has 0 fully saturated rings. The summed E-state index contributed by atoms with van der Waals surface area (Å²) >= 11 is 0. The first-order chi connectivity index (χ1) is 8.33. The predicted molar refractivity (Wildman–Crippen MR) is 61.4 cm³/mol. The summed E-state index contributed by atoms with van der Waals surface area (Å²) < 4.78 is 26.7. The Morgan fingerprint density at radius 1 is 1.56 bits per heavy atom. The maximum Gasteiger partial charge on any atom is 0.289 e. The fraction of sp³-hybridized carbons (Fsp3) is 0.455. The lowest BCUT2D eigenvalue weighted by molar-refractivity contribution is -0.385. The molecule has 1 unspecified atom stereocenters. The van der Waals surface area contributed by atoms with Crippen LogP contribution >= 0.6 is 0 Å². The molecule has 1 aromatic rings. The van der Waals surface area contributed by atoms with E-state index in [4.69, 9.17) is 10.8 Å². The van der Waals surface area contributed by atoms with Crippen LogP contribution in [0, 0.1) is 10.1 Å². The molecule has 0 bridgehead atoms. The molecule has 0 amide bonds. The standard InChI is InChI=1S/C11H14F2N2O3/c1-2-7-3-4-8(15(17)18)5-9(7)10(14)11(12,13)6-16/h3-5,10,16H,2,6,14H2,1H3. The van der Waals surface area contributed by atoms with E-state index in [9.17, 15) is 18.9 Å². The minimum absolute atomic E-state index is 0.00856. The maximum atomic E-state index is 13.3. The third kappa shape index (κ3) is 2.80. The summed E-state index contributed by atoms with van der Waals surface area (Å²) in [4.78, 5) is 9.95. The second kappa shape index (κ2) is 5.36. The summed E-state index contributed by atoms with van der Waals surface area (Å²) in [5.41, 5.74) is 5.59. The van der Waals surface area contributed by atoms with E-state index in [1.54, 1.807) is 6.92 Å². The molecule has 0 aliphatic carbocycles. The Labute approximate surface area is 102 Å². The van der Waals surface area contributed by atoms with Gasteiger partial charge in [-0.1, -0.05) is 13.0 Å². The van der Waals surface area contributed by atoms with Crippen LogP contribution in [0.4, 0.5) is 14.5 Å². The van der Waals surface area contributed by atoms with E-state index in [0.29, 0.717) is 12.0 Å². The number of nitrogens with zero attached hydrogens (tertiary/aromatic N) is 1. The summed E-state index contributed by atoms with van der Waals surface area (Å²) in [5, 5.41) is 19.2. The predicted octanol–water partition coefficient (Wildman–Crippen LogP) is 1.78. The van der Waals surface area contributed by atoms with Crippen molar-refractivity contribution in [3.63, 3.8) is 0 Å². The summed E-state index contributed by atoms with van der Waals surface area (Å²) in [5.74, 6) is -3.51. The van der Waals surface area contributed by atoms with Gasteiger partial charge in [-0.05, 0) is 17.5 Å². The molecule has 1 aromatic carbocycles. The van der Waals surface area contributed by atoms with E-state index in [-0.39, 0.29) is 11.3 Å². The highest BCUT2D eigenvalue weighted by atomic mass is 19.3. The van der Waals surface area contributed by atoms with Gasteiger partial charge in [-0.3, -0.25) is 10.1 Å². The second-order valence-electron chi connectivity index (χ2n) is 3.89. The number of hydrogen-bond donors (Lipinski definition) is 2. The van der Waals surface area contributed by atoms with Gasteiger partial charge in [0.15, 0.2) is 0 Å². The molecule has 1 rings (SSSR count). The molecule has 0 aliphatic rings. The Hall–Kier alpha value is -1.60. The van der Waals surface area contributed by atoms with Crippen molar-refractivity contribution in [1.82, 2.24) is 0 Å². The molecule has 0 saturated carbocycles. The average Bonchev–Trinajstić information content (AvgIpc) is 2.36. The Balaban J connectivity index is 3.27. The molecule has 3 N–H and O–H groups in total. The van der Waals surface area contributed by atoms with Gasteiger partial charge in [0.05, 0.1) is 11.0 Å². The van der Waals surface area contributed by atoms with Gasteiger partial charge < -0.3 is 10.8 Å². The Morgan fingerprint density at radius 2 is 2.17 bits per heavy atom. The Morgan fingerprint density at radius 3 is 2.61 bits per heavy atom. The molecular weight excluding hydrogens is 246 g/mol. The van der Waals surface area contributed by atoms with E-state index in [1.165, 1.54) is 12.1 Å². The number of hydrogen-bond acceptors (Lipinski definition) is 4. The van der Waals surface area contributed by atoms with Crippen molar-refractivity contribution in [3.8, 4) is 0 Å². The SMILES string of the molecule is CCc1ccc([N+](=O)[O-])cc1C(N)C(F)(F)CO. The highest BCUT2D eigenvalue weighted by molar-refractivity contribution is 5.42. The van der Waals surface area contributed by atoms with E-state index in [0.717, 1.165) is 6.07 Å². The van der Waals surface area contributed by atoms with Gasteiger partial charge in [0.1, 0.15) is 6.61 Å². The summed E-state index contributed by atoms with van der Waals surface area (Å²) in [7, 11) is 0. The largest absolute Gasteiger partial charge is 0.390 e. The van der Waals surface area contributed by atoms with Gasteiger partial charge in [0.25, 0.3) is 11.6 Å². The van der Waals surface area contributed by atoms with E-state index < -0.39 is 23.5 Å². The van der Waals surface area contributed by atoms with Crippen LogP contribution in [0.25, 0.3) is 0 Å². The van der Waals surface area contributed by atoms with Crippen molar-refractivity contribution in [3.05, 3.63) is 39.4 Å². The van der Waals surface area contributed by atoms with E-state index in [2.05, 4.69) is 0 Å². The number of benzene rings is 1. The van der Waals surface area contributed by atoms with Crippen molar-refractivity contribution < 1.29 is 18.8 Å². The monoisotopic (exact) mass is 260 g/mol. The van der Waals surface area contributed by atoms with Crippen molar-refractivity contribution in [2.45, 2.75) is 25.3 Å². The lowest BCUT2D eigenvalue weighted by atomic mass is 9.94. The highest BCUT2D eigenvalue weighted by Crippen LogP contribution is 2.32. The molecule has 1 atom stereocenters. The number of aryl methyl sites for hydroxylation is 1. The quantitative estimate of drug-likeness (QED) is 0.623. The first-order valence-corrected chi connectivity index (χ1v) is 5.35. The number of nitrogens with two attached hydrogens (primary N) is 1.